The van der Waals surface area contributed by atoms with E-state index < -0.39 is 11.8 Å². The Morgan fingerprint density at radius 3 is 2.69 bits per heavy atom. The number of aryl methyl sites for hydroxylation is 1. The van der Waals surface area contributed by atoms with E-state index >= 15 is 0 Å². The second kappa shape index (κ2) is 12.3. The molecule has 0 unspecified atom stereocenters. The summed E-state index contributed by atoms with van der Waals surface area (Å²) in [6, 6.07) is 8.52. The summed E-state index contributed by atoms with van der Waals surface area (Å²) in [4.78, 5) is 14.6. The Balaban J connectivity index is 0.00000176. The number of halogens is 1. The quantitative estimate of drug-likeness (QED) is 0.469. The number of benzene rings is 1. The second-order valence-electron chi connectivity index (χ2n) is 6.26. The van der Waals surface area contributed by atoms with E-state index in [4.69, 9.17) is 23.8 Å². The van der Waals surface area contributed by atoms with E-state index in [0.29, 0.717) is 24.5 Å². The lowest BCUT2D eigenvalue weighted by Gasteiger charge is -2.09. The summed E-state index contributed by atoms with van der Waals surface area (Å²) in [6.45, 7) is 6.12. The fourth-order valence-corrected chi connectivity index (χ4v) is 2.77. The minimum Gasteiger partial charge on any atom is -0.488 e. The third-order valence-electron chi connectivity index (χ3n) is 4.19. The van der Waals surface area contributed by atoms with Gasteiger partial charge in [-0.25, -0.2) is 9.37 Å². The van der Waals surface area contributed by atoms with Gasteiger partial charge in [-0.15, -0.1) is 0 Å². The van der Waals surface area contributed by atoms with Crippen LogP contribution in [0.25, 0.3) is 11.3 Å². The number of pyridine rings is 1. The molecule has 0 saturated heterocycles. The zero-order valence-electron chi connectivity index (χ0n) is 18.6. The van der Waals surface area contributed by atoms with Gasteiger partial charge in [-0.2, -0.15) is 0 Å². The van der Waals surface area contributed by atoms with Gasteiger partial charge in [0.05, 0.1) is 25.5 Å². The van der Waals surface area contributed by atoms with E-state index in [1.807, 2.05) is 19.9 Å². The van der Waals surface area contributed by atoms with E-state index in [1.165, 1.54) is 13.2 Å². The molecular weight excluding hydrogens is 419 g/mol. The first-order chi connectivity index (χ1) is 15.5. The van der Waals surface area contributed by atoms with Crippen LogP contribution in [0.15, 0.2) is 41.1 Å². The second-order valence-corrected chi connectivity index (χ2v) is 6.26. The van der Waals surface area contributed by atoms with Gasteiger partial charge in [0.1, 0.15) is 12.4 Å². The molecule has 0 aliphatic heterocycles. The fourth-order valence-electron chi connectivity index (χ4n) is 2.77. The summed E-state index contributed by atoms with van der Waals surface area (Å²) in [6.07, 6.45) is 1.46. The minimum atomic E-state index is -0.863. The maximum absolute atomic E-state index is 14.3. The molecule has 9 heteroatoms. The summed E-state index contributed by atoms with van der Waals surface area (Å²) < 4.78 is 36.1. The first-order valence-electron chi connectivity index (χ1n) is 10.3. The maximum atomic E-state index is 14.3. The fraction of sp³-hybridized carbons (Fsp3) is 0.348. The number of hydrogen-bond acceptors (Lipinski definition) is 7. The molecule has 1 aromatic carbocycles. The number of rotatable bonds is 10. The van der Waals surface area contributed by atoms with Crippen molar-refractivity contribution in [3.05, 3.63) is 53.6 Å². The van der Waals surface area contributed by atoms with Gasteiger partial charge in [-0.05, 0) is 31.0 Å². The summed E-state index contributed by atoms with van der Waals surface area (Å²) in [5.74, 6) is -0.317. The van der Waals surface area contributed by atoms with Crippen molar-refractivity contribution in [3.8, 4) is 28.7 Å². The average Bonchev–Trinajstić information content (AvgIpc) is 3.21. The molecule has 0 spiro atoms. The van der Waals surface area contributed by atoms with Crippen LogP contribution >= 0.6 is 0 Å². The van der Waals surface area contributed by atoms with Crippen molar-refractivity contribution in [1.29, 1.82) is 0 Å². The van der Waals surface area contributed by atoms with Crippen LogP contribution in [0.2, 0.25) is 0 Å². The largest absolute Gasteiger partial charge is 0.488 e. The third-order valence-corrected chi connectivity index (χ3v) is 4.19. The summed E-state index contributed by atoms with van der Waals surface area (Å²) in [5, 5.41) is 12.8. The number of carboxylic acid groups (broad SMARTS) is 1. The van der Waals surface area contributed by atoms with Crippen LogP contribution in [0.3, 0.4) is 0 Å². The Hall–Kier alpha value is -3.62. The molecule has 172 valence electrons. The topological polar surface area (TPSA) is 104 Å². The van der Waals surface area contributed by atoms with Crippen molar-refractivity contribution in [2.75, 3.05) is 13.7 Å². The van der Waals surface area contributed by atoms with Crippen LogP contribution in [0.5, 0.6) is 17.4 Å². The number of aromatic nitrogens is 2. The molecule has 0 saturated carbocycles. The van der Waals surface area contributed by atoms with Crippen LogP contribution in [-0.4, -0.2) is 34.9 Å². The lowest BCUT2D eigenvalue weighted by Crippen LogP contribution is -2.02. The Bertz CT molecular complexity index is 1020. The van der Waals surface area contributed by atoms with E-state index in [-0.39, 0.29) is 36.0 Å². The van der Waals surface area contributed by atoms with Crippen molar-refractivity contribution in [1.82, 2.24) is 10.1 Å². The zero-order chi connectivity index (χ0) is 23.5. The highest BCUT2D eigenvalue weighted by Crippen LogP contribution is 2.36. The van der Waals surface area contributed by atoms with Gasteiger partial charge in [-0.3, -0.25) is 4.79 Å². The van der Waals surface area contributed by atoms with Crippen molar-refractivity contribution in [2.45, 2.75) is 40.2 Å². The minimum absolute atomic E-state index is 0.0189. The lowest BCUT2D eigenvalue weighted by atomic mass is 10.1. The average molecular weight is 446 g/mol. The van der Waals surface area contributed by atoms with Crippen LogP contribution in [0.4, 0.5) is 4.39 Å². The van der Waals surface area contributed by atoms with Gasteiger partial charge in [-0.1, -0.05) is 31.1 Å². The molecule has 0 bridgehead atoms. The van der Waals surface area contributed by atoms with Gasteiger partial charge in [0.2, 0.25) is 11.6 Å². The molecule has 8 nitrogen and oxygen atoms in total. The predicted molar refractivity (Wildman–Crippen MR) is 115 cm³/mol. The Morgan fingerprint density at radius 2 is 2.00 bits per heavy atom. The summed E-state index contributed by atoms with van der Waals surface area (Å²) in [7, 11) is 1.43. The molecule has 32 heavy (non-hydrogen) atoms. The summed E-state index contributed by atoms with van der Waals surface area (Å²) in [5.41, 5.74) is 1.31. The molecule has 0 amide bonds. The van der Waals surface area contributed by atoms with Crippen LogP contribution in [-0.2, 0) is 17.8 Å². The predicted octanol–water partition coefficient (Wildman–Crippen LogP) is 4.91. The third kappa shape index (κ3) is 6.44. The van der Waals surface area contributed by atoms with Crippen molar-refractivity contribution < 1.29 is 33.0 Å². The lowest BCUT2D eigenvalue weighted by molar-refractivity contribution is -0.136. The molecule has 0 atom stereocenters. The number of methoxy groups -OCH3 is 1. The number of carbonyl (C=O) groups is 1. The molecule has 0 radical (unpaired) electrons. The molecule has 0 aliphatic carbocycles. The SMILES string of the molecule is CC.CCOc1c(COc2cccc(CCC(=O)O)c2)noc1-c1cc(OC)ncc1F. The van der Waals surface area contributed by atoms with Crippen molar-refractivity contribution >= 4 is 5.97 Å². The van der Waals surface area contributed by atoms with Crippen LogP contribution in [0, 0.1) is 5.82 Å². The number of nitrogens with zero attached hydrogens (tertiary/aromatic N) is 2. The molecule has 0 aliphatic rings. The highest BCUT2D eigenvalue weighted by Gasteiger charge is 2.23. The Morgan fingerprint density at radius 1 is 1.22 bits per heavy atom. The normalized spacial score (nSPS) is 10.2. The van der Waals surface area contributed by atoms with Crippen LogP contribution in [0.1, 0.15) is 38.4 Å². The smallest absolute Gasteiger partial charge is 0.303 e. The first kappa shape index (κ1) is 24.6. The number of hydrogen-bond donors (Lipinski definition) is 1. The molecule has 1 N–H and O–H groups in total. The van der Waals surface area contributed by atoms with E-state index in [0.717, 1.165) is 11.8 Å². The standard InChI is InChI=1S/C21H21FN2O6.C2H6/c1-3-28-21-17(12-29-14-6-4-5-13(9-14)7-8-19(25)26)24-30-20(21)15-10-18(27-2)23-11-16(15)22;1-2/h4-6,9-11H,3,7-8,12H2,1-2H3,(H,25,26);1-2H3. The molecule has 3 rings (SSSR count). The molecule has 0 fully saturated rings. The molecular formula is C23H27FN2O6. The Kier molecular flexibility index (Phi) is 9.46. The molecule has 2 aromatic heterocycles. The van der Waals surface area contributed by atoms with E-state index in [2.05, 4.69) is 10.1 Å². The molecule has 2 heterocycles. The highest BCUT2D eigenvalue weighted by atomic mass is 19.1. The monoisotopic (exact) mass is 446 g/mol. The Labute approximate surface area is 185 Å². The first-order valence-corrected chi connectivity index (χ1v) is 10.3. The number of ether oxygens (including phenoxy) is 3. The van der Waals surface area contributed by atoms with Crippen molar-refractivity contribution in [2.24, 2.45) is 0 Å². The van der Waals surface area contributed by atoms with Gasteiger partial charge >= 0.3 is 5.97 Å². The van der Waals surface area contributed by atoms with Gasteiger partial charge in [0.15, 0.2) is 17.3 Å². The molecule has 3 aromatic rings. The van der Waals surface area contributed by atoms with Gasteiger partial charge in [0, 0.05) is 12.5 Å². The van der Waals surface area contributed by atoms with Crippen molar-refractivity contribution in [3.63, 3.8) is 0 Å². The highest BCUT2D eigenvalue weighted by molar-refractivity contribution is 5.67. The summed E-state index contributed by atoms with van der Waals surface area (Å²) >= 11 is 0. The number of carboxylic acids is 1. The maximum Gasteiger partial charge on any atom is 0.303 e. The zero-order valence-corrected chi connectivity index (χ0v) is 18.6. The van der Waals surface area contributed by atoms with Crippen LogP contribution < -0.4 is 14.2 Å². The van der Waals surface area contributed by atoms with E-state index in [9.17, 15) is 9.18 Å². The van der Waals surface area contributed by atoms with Gasteiger partial charge < -0.3 is 23.8 Å². The van der Waals surface area contributed by atoms with Gasteiger partial charge in [0.25, 0.3) is 0 Å². The number of aliphatic carboxylic acids is 1. The van der Waals surface area contributed by atoms with E-state index in [1.54, 1.807) is 25.1 Å².